The van der Waals surface area contributed by atoms with Crippen molar-refractivity contribution >= 4 is 11.9 Å². The highest BCUT2D eigenvalue weighted by Gasteiger charge is 2.32. The second-order valence-corrected chi connectivity index (χ2v) is 4.69. The molecule has 2 unspecified atom stereocenters. The number of amides is 1. The van der Waals surface area contributed by atoms with E-state index in [1.807, 2.05) is 0 Å². The molecule has 2 rings (SSSR count). The van der Waals surface area contributed by atoms with Crippen LogP contribution in [0.25, 0.3) is 0 Å². The molecule has 6 nitrogen and oxygen atoms in total. The van der Waals surface area contributed by atoms with E-state index in [2.05, 4.69) is 0 Å². The van der Waals surface area contributed by atoms with E-state index in [1.54, 1.807) is 0 Å². The second kappa shape index (κ2) is 6.15. The number of rotatable bonds is 4. The first-order valence-electron chi connectivity index (χ1n) is 6.40. The summed E-state index contributed by atoms with van der Waals surface area (Å²) in [7, 11) is 0. The maximum atomic E-state index is 12.0. The van der Waals surface area contributed by atoms with Crippen molar-refractivity contribution in [2.75, 3.05) is 26.4 Å². The Morgan fingerprint density at radius 2 is 2.17 bits per heavy atom. The van der Waals surface area contributed by atoms with Gasteiger partial charge in [-0.2, -0.15) is 0 Å². The third kappa shape index (κ3) is 3.20. The van der Waals surface area contributed by atoms with Gasteiger partial charge < -0.3 is 19.5 Å². The standard InChI is InChI=1S/C12H19NO5/c14-11(4-3-9-2-1-6-18-9)13-5-7-17-8-10(13)12(15)16/h9-10H,1-8H2,(H,15,16). The molecule has 0 aromatic rings. The van der Waals surface area contributed by atoms with Crippen LogP contribution in [0.15, 0.2) is 0 Å². The molecule has 2 aliphatic rings. The highest BCUT2D eigenvalue weighted by atomic mass is 16.5. The van der Waals surface area contributed by atoms with Crippen molar-refractivity contribution in [2.24, 2.45) is 0 Å². The predicted molar refractivity (Wildman–Crippen MR) is 62.2 cm³/mol. The molecule has 2 atom stereocenters. The molecule has 0 spiro atoms. The summed E-state index contributed by atoms with van der Waals surface area (Å²) < 4.78 is 10.6. The average molecular weight is 257 g/mol. The van der Waals surface area contributed by atoms with Gasteiger partial charge in [0.05, 0.1) is 19.3 Å². The first-order chi connectivity index (χ1) is 8.68. The molecule has 1 N–H and O–H groups in total. The Balaban J connectivity index is 1.83. The van der Waals surface area contributed by atoms with Crippen molar-refractivity contribution in [3.63, 3.8) is 0 Å². The fourth-order valence-corrected chi connectivity index (χ4v) is 2.41. The third-order valence-corrected chi connectivity index (χ3v) is 3.44. The maximum absolute atomic E-state index is 12.0. The van der Waals surface area contributed by atoms with E-state index >= 15 is 0 Å². The van der Waals surface area contributed by atoms with Gasteiger partial charge in [0.1, 0.15) is 0 Å². The van der Waals surface area contributed by atoms with Crippen LogP contribution in [-0.4, -0.2) is 60.4 Å². The van der Waals surface area contributed by atoms with E-state index in [4.69, 9.17) is 14.6 Å². The number of ether oxygens (including phenoxy) is 2. The lowest BCUT2D eigenvalue weighted by Gasteiger charge is -2.33. The number of hydrogen-bond acceptors (Lipinski definition) is 4. The number of carboxylic acid groups (broad SMARTS) is 1. The monoisotopic (exact) mass is 257 g/mol. The van der Waals surface area contributed by atoms with Crippen LogP contribution < -0.4 is 0 Å². The Morgan fingerprint density at radius 3 is 2.83 bits per heavy atom. The van der Waals surface area contributed by atoms with Gasteiger partial charge in [0.15, 0.2) is 6.04 Å². The topological polar surface area (TPSA) is 76.1 Å². The zero-order valence-electron chi connectivity index (χ0n) is 10.3. The molecule has 2 saturated heterocycles. The predicted octanol–water partition coefficient (Wildman–Crippen LogP) is 0.258. The Kier molecular flexibility index (Phi) is 4.54. The molecule has 2 heterocycles. The summed E-state index contributed by atoms with van der Waals surface area (Å²) in [6.45, 7) is 1.63. The van der Waals surface area contributed by atoms with Crippen LogP contribution in [0.1, 0.15) is 25.7 Å². The van der Waals surface area contributed by atoms with Crippen molar-refractivity contribution < 1.29 is 24.2 Å². The number of nitrogens with zero attached hydrogens (tertiary/aromatic N) is 1. The normalized spacial score (nSPS) is 28.3. The number of carbonyl (C=O) groups is 2. The van der Waals surface area contributed by atoms with Crippen molar-refractivity contribution in [3.8, 4) is 0 Å². The second-order valence-electron chi connectivity index (χ2n) is 4.69. The van der Waals surface area contributed by atoms with Crippen LogP contribution in [0.3, 0.4) is 0 Å². The first kappa shape index (κ1) is 13.3. The molecule has 0 saturated carbocycles. The number of morpholine rings is 1. The van der Waals surface area contributed by atoms with Crippen LogP contribution in [-0.2, 0) is 19.1 Å². The summed E-state index contributed by atoms with van der Waals surface area (Å²) in [5.74, 6) is -1.11. The summed E-state index contributed by atoms with van der Waals surface area (Å²) in [4.78, 5) is 24.5. The largest absolute Gasteiger partial charge is 0.480 e. The molecule has 0 radical (unpaired) electrons. The summed E-state index contributed by atoms with van der Waals surface area (Å²) >= 11 is 0. The van der Waals surface area contributed by atoms with Gasteiger partial charge in [-0.05, 0) is 19.3 Å². The number of hydrogen-bond donors (Lipinski definition) is 1. The van der Waals surface area contributed by atoms with Crippen molar-refractivity contribution in [3.05, 3.63) is 0 Å². The minimum atomic E-state index is -1.000. The fraction of sp³-hybridized carbons (Fsp3) is 0.833. The lowest BCUT2D eigenvalue weighted by Crippen LogP contribution is -2.52. The van der Waals surface area contributed by atoms with E-state index in [-0.39, 0.29) is 18.6 Å². The highest BCUT2D eigenvalue weighted by Crippen LogP contribution is 2.18. The Morgan fingerprint density at radius 1 is 1.33 bits per heavy atom. The molecule has 0 aliphatic carbocycles. The quantitative estimate of drug-likeness (QED) is 0.781. The van der Waals surface area contributed by atoms with Crippen molar-refractivity contribution in [2.45, 2.75) is 37.8 Å². The molecule has 2 fully saturated rings. The van der Waals surface area contributed by atoms with Crippen LogP contribution in [0.4, 0.5) is 0 Å². The summed E-state index contributed by atoms with van der Waals surface area (Å²) in [5, 5.41) is 9.04. The SMILES string of the molecule is O=C(O)C1COCCN1C(=O)CCC1CCCO1. The van der Waals surface area contributed by atoms with E-state index in [0.717, 1.165) is 19.4 Å². The van der Waals surface area contributed by atoms with Crippen LogP contribution in [0.2, 0.25) is 0 Å². The Labute approximate surface area is 106 Å². The number of carbonyl (C=O) groups excluding carboxylic acids is 1. The third-order valence-electron chi connectivity index (χ3n) is 3.44. The first-order valence-corrected chi connectivity index (χ1v) is 6.40. The smallest absolute Gasteiger partial charge is 0.328 e. The van der Waals surface area contributed by atoms with Gasteiger partial charge in [-0.25, -0.2) is 4.79 Å². The van der Waals surface area contributed by atoms with Crippen molar-refractivity contribution in [1.29, 1.82) is 0 Å². The molecular formula is C12H19NO5. The summed E-state index contributed by atoms with van der Waals surface area (Å²) in [6, 6.07) is -0.837. The Bertz CT molecular complexity index is 314. The molecule has 2 aliphatic heterocycles. The molecule has 18 heavy (non-hydrogen) atoms. The molecule has 0 aromatic carbocycles. The summed E-state index contributed by atoms with van der Waals surface area (Å²) in [6.07, 6.45) is 3.25. The number of aliphatic carboxylic acids is 1. The van der Waals surface area contributed by atoms with Gasteiger partial charge in [-0.1, -0.05) is 0 Å². The van der Waals surface area contributed by atoms with Gasteiger partial charge in [0, 0.05) is 19.6 Å². The molecule has 1 amide bonds. The van der Waals surface area contributed by atoms with E-state index in [9.17, 15) is 9.59 Å². The Hall–Kier alpha value is -1.14. The average Bonchev–Trinajstić information content (AvgIpc) is 2.89. The van der Waals surface area contributed by atoms with Crippen LogP contribution >= 0.6 is 0 Å². The number of carboxylic acids is 1. The van der Waals surface area contributed by atoms with Crippen LogP contribution in [0.5, 0.6) is 0 Å². The van der Waals surface area contributed by atoms with E-state index in [1.165, 1.54) is 4.90 Å². The minimum Gasteiger partial charge on any atom is -0.480 e. The lowest BCUT2D eigenvalue weighted by atomic mass is 10.1. The molecule has 102 valence electrons. The van der Waals surface area contributed by atoms with Crippen molar-refractivity contribution in [1.82, 2.24) is 4.90 Å². The minimum absolute atomic E-state index is 0.0843. The molecular weight excluding hydrogens is 238 g/mol. The molecule has 0 aromatic heterocycles. The maximum Gasteiger partial charge on any atom is 0.328 e. The van der Waals surface area contributed by atoms with Gasteiger partial charge >= 0.3 is 5.97 Å². The lowest BCUT2D eigenvalue weighted by molar-refractivity contribution is -0.158. The van der Waals surface area contributed by atoms with Gasteiger partial charge in [0.2, 0.25) is 5.91 Å². The van der Waals surface area contributed by atoms with Gasteiger partial charge in [-0.15, -0.1) is 0 Å². The van der Waals surface area contributed by atoms with E-state index < -0.39 is 12.0 Å². The molecule has 6 heteroatoms. The zero-order valence-corrected chi connectivity index (χ0v) is 10.3. The van der Waals surface area contributed by atoms with Crippen LogP contribution in [0, 0.1) is 0 Å². The zero-order chi connectivity index (χ0) is 13.0. The fourth-order valence-electron chi connectivity index (χ4n) is 2.41. The van der Waals surface area contributed by atoms with E-state index in [0.29, 0.717) is 26.0 Å². The summed E-state index contributed by atoms with van der Waals surface area (Å²) in [5.41, 5.74) is 0. The molecule has 0 bridgehead atoms. The highest BCUT2D eigenvalue weighted by molar-refractivity contribution is 5.84. The van der Waals surface area contributed by atoms with Gasteiger partial charge in [0.25, 0.3) is 0 Å². The van der Waals surface area contributed by atoms with Gasteiger partial charge in [-0.3, -0.25) is 4.79 Å².